The molecule has 1 aliphatic heterocycles. The number of fused-ring (bicyclic) bond motifs is 1. The summed E-state index contributed by atoms with van der Waals surface area (Å²) in [6.45, 7) is 4.32. The minimum atomic E-state index is -0.542. The third-order valence-electron chi connectivity index (χ3n) is 3.84. The summed E-state index contributed by atoms with van der Waals surface area (Å²) in [4.78, 5) is 18.7. The van der Waals surface area contributed by atoms with Gasteiger partial charge in [-0.1, -0.05) is 18.2 Å². The van der Waals surface area contributed by atoms with Gasteiger partial charge in [0.05, 0.1) is 29.0 Å². The van der Waals surface area contributed by atoms with E-state index in [1.165, 1.54) is 0 Å². The fourth-order valence-electron chi connectivity index (χ4n) is 2.73. The fraction of sp³-hybridized carbons (Fsp3) is 0.250. The van der Waals surface area contributed by atoms with Crippen LogP contribution in [0.5, 0.6) is 0 Å². The number of hydrogen-bond acceptors (Lipinski definition) is 3. The lowest BCUT2D eigenvalue weighted by molar-refractivity contribution is -0.122. The number of amides is 1. The largest absolute Gasteiger partial charge is 0.397 e. The molecule has 2 N–H and O–H groups in total. The third kappa shape index (κ3) is 1.76. The minimum absolute atomic E-state index is 0.0658. The van der Waals surface area contributed by atoms with E-state index in [9.17, 15) is 4.79 Å². The van der Waals surface area contributed by atoms with Crippen LogP contribution in [0.3, 0.4) is 0 Å². The Kier molecular flexibility index (Phi) is 2.74. The summed E-state index contributed by atoms with van der Waals surface area (Å²) in [5.74, 6) is 0.0658. The predicted molar refractivity (Wildman–Crippen MR) is 79.3 cm³/mol. The van der Waals surface area contributed by atoms with Gasteiger partial charge in [-0.15, -0.1) is 0 Å². The van der Waals surface area contributed by atoms with Gasteiger partial charge >= 0.3 is 0 Å². The molecule has 0 spiro atoms. The van der Waals surface area contributed by atoms with Gasteiger partial charge < -0.3 is 10.6 Å². The number of benzene rings is 1. The second-order valence-electron chi connectivity index (χ2n) is 5.58. The number of anilines is 2. The van der Waals surface area contributed by atoms with E-state index in [1.807, 2.05) is 50.2 Å². The summed E-state index contributed by atoms with van der Waals surface area (Å²) >= 11 is 0. The van der Waals surface area contributed by atoms with Gasteiger partial charge in [0.1, 0.15) is 0 Å². The normalized spacial score (nSPS) is 16.3. The lowest BCUT2D eigenvalue weighted by Crippen LogP contribution is -2.36. The Bertz CT molecular complexity index is 665. The van der Waals surface area contributed by atoms with E-state index >= 15 is 0 Å². The van der Waals surface area contributed by atoms with Crippen LogP contribution in [0.1, 0.15) is 25.1 Å². The van der Waals surface area contributed by atoms with Crippen LogP contribution >= 0.6 is 0 Å². The number of nitrogen functional groups attached to an aromatic ring is 1. The van der Waals surface area contributed by atoms with Crippen molar-refractivity contribution in [1.29, 1.82) is 0 Å². The molecule has 2 heterocycles. The molecule has 0 saturated carbocycles. The Hall–Kier alpha value is -2.36. The maximum atomic E-state index is 12.7. The van der Waals surface area contributed by atoms with Crippen molar-refractivity contribution < 1.29 is 4.79 Å². The van der Waals surface area contributed by atoms with E-state index in [4.69, 9.17) is 5.73 Å². The smallest absolute Gasteiger partial charge is 0.237 e. The zero-order valence-corrected chi connectivity index (χ0v) is 11.6. The van der Waals surface area contributed by atoms with Crippen molar-refractivity contribution >= 4 is 17.3 Å². The van der Waals surface area contributed by atoms with E-state index in [2.05, 4.69) is 4.98 Å². The molecule has 0 radical (unpaired) electrons. The number of carbonyl (C=O) groups is 1. The molecule has 0 atom stereocenters. The Balaban J connectivity index is 2.08. The molecule has 0 fully saturated rings. The zero-order valence-electron chi connectivity index (χ0n) is 11.6. The molecule has 102 valence electrons. The second-order valence-corrected chi connectivity index (χ2v) is 5.58. The van der Waals surface area contributed by atoms with Gasteiger partial charge in [0.25, 0.3) is 0 Å². The van der Waals surface area contributed by atoms with Gasteiger partial charge in [0.2, 0.25) is 5.91 Å². The highest BCUT2D eigenvalue weighted by Crippen LogP contribution is 2.45. The van der Waals surface area contributed by atoms with Gasteiger partial charge in [0.15, 0.2) is 0 Å². The standard InChI is InChI=1S/C16H17N3O/c1-16(2)12-7-5-8-13(17)14(12)19(15(16)20)10-11-6-3-4-9-18-11/h3-9H,10,17H2,1-2H3. The first-order valence-corrected chi connectivity index (χ1v) is 6.62. The number of aromatic nitrogens is 1. The molecule has 1 aliphatic rings. The summed E-state index contributed by atoms with van der Waals surface area (Å²) in [5, 5.41) is 0. The lowest BCUT2D eigenvalue weighted by atomic mass is 9.86. The highest BCUT2D eigenvalue weighted by Gasteiger charge is 2.44. The van der Waals surface area contributed by atoms with Crippen LogP contribution in [-0.2, 0) is 16.8 Å². The first kappa shape index (κ1) is 12.7. The van der Waals surface area contributed by atoms with E-state index in [0.717, 1.165) is 16.9 Å². The number of hydrogen-bond donors (Lipinski definition) is 1. The SMILES string of the molecule is CC1(C)C(=O)N(Cc2ccccn2)c2c(N)cccc21. The molecule has 0 aliphatic carbocycles. The van der Waals surface area contributed by atoms with Crippen molar-refractivity contribution in [3.63, 3.8) is 0 Å². The zero-order chi connectivity index (χ0) is 14.3. The molecule has 20 heavy (non-hydrogen) atoms. The highest BCUT2D eigenvalue weighted by molar-refractivity contribution is 6.10. The Morgan fingerprint density at radius 2 is 2.00 bits per heavy atom. The maximum absolute atomic E-state index is 12.7. The lowest BCUT2D eigenvalue weighted by Gasteiger charge is -2.20. The van der Waals surface area contributed by atoms with Gasteiger partial charge in [-0.25, -0.2) is 0 Å². The highest BCUT2D eigenvalue weighted by atomic mass is 16.2. The summed E-state index contributed by atoms with van der Waals surface area (Å²) in [7, 11) is 0. The van der Waals surface area contributed by atoms with E-state index in [-0.39, 0.29) is 5.91 Å². The molecular formula is C16H17N3O. The van der Waals surface area contributed by atoms with Crippen molar-refractivity contribution in [1.82, 2.24) is 4.98 Å². The van der Waals surface area contributed by atoms with Gasteiger partial charge in [-0.05, 0) is 37.6 Å². The number of nitrogens with two attached hydrogens (primary N) is 1. The maximum Gasteiger partial charge on any atom is 0.237 e. The number of pyridine rings is 1. The van der Waals surface area contributed by atoms with E-state index < -0.39 is 5.41 Å². The van der Waals surface area contributed by atoms with E-state index in [0.29, 0.717) is 12.2 Å². The van der Waals surface area contributed by atoms with Crippen molar-refractivity contribution in [2.24, 2.45) is 0 Å². The van der Waals surface area contributed by atoms with Crippen LogP contribution in [0, 0.1) is 0 Å². The van der Waals surface area contributed by atoms with Crippen molar-refractivity contribution in [3.05, 3.63) is 53.9 Å². The molecule has 1 aromatic heterocycles. The van der Waals surface area contributed by atoms with Crippen LogP contribution in [0.4, 0.5) is 11.4 Å². The first-order valence-electron chi connectivity index (χ1n) is 6.62. The molecule has 4 heteroatoms. The third-order valence-corrected chi connectivity index (χ3v) is 3.84. The van der Waals surface area contributed by atoms with Gasteiger partial charge in [-0.2, -0.15) is 0 Å². The minimum Gasteiger partial charge on any atom is -0.397 e. The van der Waals surface area contributed by atoms with Gasteiger partial charge in [0, 0.05) is 6.20 Å². The number of rotatable bonds is 2. The predicted octanol–water partition coefficient (Wildman–Crippen LogP) is 2.49. The molecule has 0 unspecified atom stereocenters. The number of carbonyl (C=O) groups excluding carboxylic acids is 1. The molecular weight excluding hydrogens is 250 g/mol. The molecule has 2 aromatic rings. The summed E-state index contributed by atoms with van der Waals surface area (Å²) in [6.07, 6.45) is 1.73. The van der Waals surface area contributed by atoms with Crippen LogP contribution in [0.15, 0.2) is 42.6 Å². The van der Waals surface area contributed by atoms with E-state index in [1.54, 1.807) is 11.1 Å². The molecule has 4 nitrogen and oxygen atoms in total. The second kappa shape index (κ2) is 4.34. The number of para-hydroxylation sites is 1. The first-order chi connectivity index (χ1) is 9.51. The quantitative estimate of drug-likeness (QED) is 0.850. The average Bonchev–Trinajstić information content (AvgIpc) is 2.63. The molecule has 0 saturated heterocycles. The van der Waals surface area contributed by atoms with Crippen LogP contribution in [-0.4, -0.2) is 10.9 Å². The molecule has 1 aromatic carbocycles. The van der Waals surface area contributed by atoms with Crippen LogP contribution < -0.4 is 10.6 Å². The number of nitrogens with zero attached hydrogens (tertiary/aromatic N) is 2. The summed E-state index contributed by atoms with van der Waals surface area (Å²) < 4.78 is 0. The Morgan fingerprint density at radius 1 is 1.20 bits per heavy atom. The molecule has 1 amide bonds. The topological polar surface area (TPSA) is 59.2 Å². The summed E-state index contributed by atoms with van der Waals surface area (Å²) in [5.41, 5.74) is 8.85. The van der Waals surface area contributed by atoms with Crippen LogP contribution in [0.25, 0.3) is 0 Å². The molecule has 0 bridgehead atoms. The Labute approximate surface area is 118 Å². The average molecular weight is 267 g/mol. The van der Waals surface area contributed by atoms with Crippen molar-refractivity contribution in [2.45, 2.75) is 25.8 Å². The molecule has 3 rings (SSSR count). The van der Waals surface area contributed by atoms with Crippen molar-refractivity contribution in [2.75, 3.05) is 10.6 Å². The van der Waals surface area contributed by atoms with Gasteiger partial charge in [-0.3, -0.25) is 9.78 Å². The fourth-order valence-corrected chi connectivity index (χ4v) is 2.73. The van der Waals surface area contributed by atoms with Crippen molar-refractivity contribution in [3.8, 4) is 0 Å². The monoisotopic (exact) mass is 267 g/mol. The van der Waals surface area contributed by atoms with Crippen LogP contribution in [0.2, 0.25) is 0 Å². The summed E-state index contributed by atoms with van der Waals surface area (Å²) in [6, 6.07) is 11.4. The Morgan fingerprint density at radius 3 is 2.70 bits per heavy atom.